The molecule has 1 aliphatic rings. The zero-order valence-corrected chi connectivity index (χ0v) is 20.9. The number of rotatable bonds is 14. The largest absolute Gasteiger partial charge is 0.497 e. The van der Waals surface area contributed by atoms with Gasteiger partial charge in [-0.15, -0.1) is 0 Å². The van der Waals surface area contributed by atoms with Gasteiger partial charge in [0.1, 0.15) is 11.9 Å². The number of methoxy groups -OCH3 is 1. The summed E-state index contributed by atoms with van der Waals surface area (Å²) in [7, 11) is 1.66. The Kier molecular flexibility index (Phi) is 10.3. The van der Waals surface area contributed by atoms with E-state index in [0.29, 0.717) is 39.4 Å². The lowest BCUT2D eigenvalue weighted by molar-refractivity contribution is -0.0842. The molecule has 2 N–H and O–H groups in total. The number of hydrogen-bond acceptors (Lipinski definition) is 6. The van der Waals surface area contributed by atoms with Crippen LogP contribution in [0.3, 0.4) is 0 Å². The second-order valence-electron chi connectivity index (χ2n) is 9.14. The van der Waals surface area contributed by atoms with E-state index in [9.17, 15) is 5.11 Å². The molecule has 6 nitrogen and oxygen atoms in total. The quantitative estimate of drug-likeness (QED) is 0.324. The first-order valence-corrected chi connectivity index (χ1v) is 12.7. The lowest BCUT2D eigenvalue weighted by Crippen LogP contribution is -2.45. The summed E-state index contributed by atoms with van der Waals surface area (Å²) in [6, 6.07) is 27.9. The first-order valence-electron chi connectivity index (χ1n) is 12.7. The van der Waals surface area contributed by atoms with Gasteiger partial charge in [-0.3, -0.25) is 0 Å². The third-order valence-corrected chi connectivity index (χ3v) is 6.50. The molecule has 0 spiro atoms. The van der Waals surface area contributed by atoms with E-state index in [0.717, 1.165) is 28.9 Å². The lowest BCUT2D eigenvalue weighted by Gasteiger charge is -2.28. The molecule has 6 heteroatoms. The Morgan fingerprint density at radius 1 is 0.806 bits per heavy atom. The van der Waals surface area contributed by atoms with Crippen molar-refractivity contribution in [2.75, 3.05) is 20.3 Å². The molecular weight excluding hydrogens is 454 g/mol. The minimum atomic E-state index is -0.555. The topological polar surface area (TPSA) is 69.2 Å². The summed E-state index contributed by atoms with van der Waals surface area (Å²) in [5.74, 6) is 0.834. The van der Waals surface area contributed by atoms with Crippen LogP contribution in [0.15, 0.2) is 84.9 Å². The Hall–Kier alpha value is -2.74. The maximum absolute atomic E-state index is 11.0. The molecule has 1 fully saturated rings. The zero-order chi connectivity index (χ0) is 25.0. The average molecular weight is 492 g/mol. The van der Waals surface area contributed by atoms with E-state index in [4.69, 9.17) is 18.9 Å². The van der Waals surface area contributed by atoms with E-state index < -0.39 is 6.10 Å². The molecule has 192 valence electrons. The number of benzene rings is 3. The van der Waals surface area contributed by atoms with Crippen molar-refractivity contribution in [2.45, 2.75) is 57.0 Å². The Balaban J connectivity index is 1.26. The molecule has 0 saturated carbocycles. The van der Waals surface area contributed by atoms with Crippen LogP contribution in [-0.2, 0) is 34.0 Å². The van der Waals surface area contributed by atoms with Gasteiger partial charge < -0.3 is 29.4 Å². The highest BCUT2D eigenvalue weighted by Crippen LogP contribution is 2.23. The number of aliphatic hydroxyl groups is 1. The van der Waals surface area contributed by atoms with E-state index in [1.54, 1.807) is 7.11 Å². The summed E-state index contributed by atoms with van der Waals surface area (Å²) in [6.07, 6.45) is 0.442. The van der Waals surface area contributed by atoms with Crippen molar-refractivity contribution in [3.05, 3.63) is 102 Å². The van der Waals surface area contributed by atoms with Gasteiger partial charge in [0.25, 0.3) is 0 Å². The van der Waals surface area contributed by atoms with E-state index >= 15 is 0 Å². The molecule has 1 aliphatic heterocycles. The predicted molar refractivity (Wildman–Crippen MR) is 140 cm³/mol. The monoisotopic (exact) mass is 491 g/mol. The summed E-state index contributed by atoms with van der Waals surface area (Å²) < 4.78 is 23.6. The van der Waals surface area contributed by atoms with Crippen molar-refractivity contribution in [3.63, 3.8) is 0 Å². The first-order chi connectivity index (χ1) is 17.7. The van der Waals surface area contributed by atoms with Crippen molar-refractivity contribution in [1.29, 1.82) is 0 Å². The fourth-order valence-corrected chi connectivity index (χ4v) is 4.47. The van der Waals surface area contributed by atoms with Crippen LogP contribution >= 0.6 is 0 Å². The highest BCUT2D eigenvalue weighted by molar-refractivity contribution is 5.26. The number of aliphatic hydroxyl groups excluding tert-OH is 1. The molecule has 3 aromatic carbocycles. The predicted octanol–water partition coefficient (Wildman–Crippen LogP) is 4.50. The van der Waals surface area contributed by atoms with Crippen LogP contribution in [0.1, 0.15) is 29.5 Å². The number of ether oxygens (including phenoxy) is 4. The highest BCUT2D eigenvalue weighted by atomic mass is 16.5. The van der Waals surface area contributed by atoms with Crippen LogP contribution < -0.4 is 10.1 Å². The van der Waals surface area contributed by atoms with Gasteiger partial charge in [-0.25, -0.2) is 0 Å². The lowest BCUT2D eigenvalue weighted by atomic mass is 10.0. The summed E-state index contributed by atoms with van der Waals surface area (Å²) >= 11 is 0. The maximum Gasteiger partial charge on any atom is 0.118 e. The second kappa shape index (κ2) is 14.1. The van der Waals surface area contributed by atoms with E-state index in [-0.39, 0.29) is 18.2 Å². The highest BCUT2D eigenvalue weighted by Gasteiger charge is 2.41. The molecule has 0 aliphatic carbocycles. The van der Waals surface area contributed by atoms with E-state index in [1.165, 1.54) is 0 Å². The molecule has 3 aromatic rings. The van der Waals surface area contributed by atoms with Gasteiger partial charge in [0.2, 0.25) is 0 Å². The fourth-order valence-electron chi connectivity index (χ4n) is 4.47. The van der Waals surface area contributed by atoms with Crippen LogP contribution in [0.5, 0.6) is 5.75 Å². The van der Waals surface area contributed by atoms with Gasteiger partial charge in [0.15, 0.2) is 0 Å². The SMILES string of the molecule is COc1ccc(COCCC[C@@H](O)[C@H]2NC[C@@H](OCc3ccccc3)[C@H]2OCc2ccccc2)cc1. The molecule has 0 bridgehead atoms. The Morgan fingerprint density at radius 2 is 1.42 bits per heavy atom. The molecule has 1 heterocycles. The molecule has 1 saturated heterocycles. The molecule has 4 rings (SSSR count). The summed E-state index contributed by atoms with van der Waals surface area (Å²) in [5.41, 5.74) is 3.32. The summed E-state index contributed by atoms with van der Waals surface area (Å²) in [4.78, 5) is 0. The molecular formula is C30H37NO5. The standard InChI is InChI=1S/C30H37NO5/c1-33-26-16-14-25(15-17-26)20-34-18-8-13-27(32)29-30(36-22-24-11-6-3-7-12-24)28(19-31-29)35-21-23-9-4-2-5-10-23/h2-7,9-12,14-17,27-32H,8,13,18-22H2,1H3/t27-,28-,29-,30-/m1/s1. The van der Waals surface area contributed by atoms with Gasteiger partial charge >= 0.3 is 0 Å². The molecule has 36 heavy (non-hydrogen) atoms. The Bertz CT molecular complexity index is 999. The maximum atomic E-state index is 11.0. The zero-order valence-electron chi connectivity index (χ0n) is 20.9. The third-order valence-electron chi connectivity index (χ3n) is 6.50. The van der Waals surface area contributed by atoms with Crippen LogP contribution in [0.4, 0.5) is 0 Å². The van der Waals surface area contributed by atoms with Crippen molar-refractivity contribution < 1.29 is 24.1 Å². The minimum absolute atomic E-state index is 0.139. The molecule has 4 atom stereocenters. The van der Waals surface area contributed by atoms with Gasteiger partial charge in [-0.05, 0) is 41.7 Å². The van der Waals surface area contributed by atoms with E-state index in [2.05, 4.69) is 17.4 Å². The normalized spacial score (nSPS) is 20.3. The Morgan fingerprint density at radius 3 is 2.06 bits per heavy atom. The van der Waals surface area contributed by atoms with Crippen molar-refractivity contribution in [3.8, 4) is 5.75 Å². The summed E-state index contributed by atoms with van der Waals surface area (Å²) in [6.45, 7) is 2.76. The van der Waals surface area contributed by atoms with Crippen molar-refractivity contribution >= 4 is 0 Å². The van der Waals surface area contributed by atoms with Gasteiger partial charge in [-0.2, -0.15) is 0 Å². The minimum Gasteiger partial charge on any atom is -0.497 e. The smallest absolute Gasteiger partial charge is 0.118 e. The van der Waals surface area contributed by atoms with Crippen molar-refractivity contribution in [1.82, 2.24) is 5.32 Å². The number of nitrogens with one attached hydrogen (secondary N) is 1. The number of hydrogen-bond donors (Lipinski definition) is 2. The van der Waals surface area contributed by atoms with Crippen molar-refractivity contribution in [2.24, 2.45) is 0 Å². The average Bonchev–Trinajstić information content (AvgIpc) is 3.34. The van der Waals surface area contributed by atoms with Crippen LogP contribution in [0, 0.1) is 0 Å². The Labute approximate surface area is 214 Å². The molecule has 0 radical (unpaired) electrons. The molecule has 0 amide bonds. The van der Waals surface area contributed by atoms with E-state index in [1.807, 2.05) is 72.8 Å². The van der Waals surface area contributed by atoms with Gasteiger partial charge in [-0.1, -0.05) is 72.8 Å². The van der Waals surface area contributed by atoms with Crippen LogP contribution in [0.25, 0.3) is 0 Å². The van der Waals surface area contributed by atoms with Crippen LogP contribution in [0.2, 0.25) is 0 Å². The van der Waals surface area contributed by atoms with Gasteiger partial charge in [0.05, 0.1) is 45.2 Å². The summed E-state index contributed by atoms with van der Waals surface area (Å²) in [5, 5.41) is 14.5. The second-order valence-corrected chi connectivity index (χ2v) is 9.14. The molecule has 0 unspecified atom stereocenters. The fraction of sp³-hybridized carbons (Fsp3) is 0.400. The molecule has 0 aromatic heterocycles. The third kappa shape index (κ3) is 7.88. The van der Waals surface area contributed by atoms with Crippen LogP contribution in [-0.4, -0.2) is 49.7 Å². The first kappa shape index (κ1) is 26.3. The van der Waals surface area contributed by atoms with Gasteiger partial charge in [0, 0.05) is 13.2 Å².